The van der Waals surface area contributed by atoms with E-state index in [1.54, 1.807) is 6.26 Å². The smallest absolute Gasteiger partial charge is 0.134 e. The van der Waals surface area contributed by atoms with Crippen LogP contribution in [-0.4, -0.2) is 0 Å². The number of benzene rings is 1. The SMILES string of the molecule is Cc1ccc2c(C)cccccoc2c1. The van der Waals surface area contributed by atoms with Crippen molar-refractivity contribution >= 4 is 11.0 Å². The van der Waals surface area contributed by atoms with Crippen molar-refractivity contribution in [1.82, 2.24) is 0 Å². The maximum atomic E-state index is 5.59. The van der Waals surface area contributed by atoms with Gasteiger partial charge in [0, 0.05) is 5.39 Å². The molecule has 1 aromatic heterocycles. The molecular formula is C14H14O. The van der Waals surface area contributed by atoms with Crippen LogP contribution in [0.25, 0.3) is 11.0 Å². The van der Waals surface area contributed by atoms with Gasteiger partial charge in [0.1, 0.15) is 5.58 Å². The molecule has 0 saturated carbocycles. The van der Waals surface area contributed by atoms with Gasteiger partial charge in [-0.1, -0.05) is 30.3 Å². The highest BCUT2D eigenvalue weighted by atomic mass is 16.3. The molecule has 2 aromatic rings. The highest BCUT2D eigenvalue weighted by Gasteiger charge is 1.95. The molecule has 1 nitrogen and oxygen atoms in total. The fraction of sp³-hybridized carbons (Fsp3) is 0.143. The Morgan fingerprint density at radius 2 is 1.80 bits per heavy atom. The summed E-state index contributed by atoms with van der Waals surface area (Å²) in [5, 5.41) is 1.15. The molecule has 0 fully saturated rings. The molecule has 15 heavy (non-hydrogen) atoms. The van der Waals surface area contributed by atoms with Gasteiger partial charge < -0.3 is 4.42 Å². The second kappa shape index (κ2) is 4.18. The first-order valence-corrected chi connectivity index (χ1v) is 5.05. The Labute approximate surface area is 89.7 Å². The van der Waals surface area contributed by atoms with Gasteiger partial charge in [0.25, 0.3) is 0 Å². The van der Waals surface area contributed by atoms with Crippen LogP contribution >= 0.6 is 0 Å². The Morgan fingerprint density at radius 3 is 2.67 bits per heavy atom. The zero-order chi connectivity index (χ0) is 10.7. The van der Waals surface area contributed by atoms with E-state index in [2.05, 4.69) is 38.1 Å². The predicted octanol–water partition coefficient (Wildman–Crippen LogP) is 4.17. The molecule has 0 aliphatic carbocycles. The van der Waals surface area contributed by atoms with Crippen molar-refractivity contribution in [2.24, 2.45) is 0 Å². The zero-order valence-corrected chi connectivity index (χ0v) is 9.03. The lowest BCUT2D eigenvalue weighted by atomic mass is 10.1. The molecule has 0 amide bonds. The van der Waals surface area contributed by atoms with Crippen molar-refractivity contribution in [3.8, 4) is 0 Å². The number of hydrogen-bond donors (Lipinski definition) is 0. The van der Waals surface area contributed by atoms with Crippen LogP contribution in [0.2, 0.25) is 0 Å². The van der Waals surface area contributed by atoms with Crippen LogP contribution in [0.4, 0.5) is 0 Å². The summed E-state index contributed by atoms with van der Waals surface area (Å²) in [6, 6.07) is 14.2. The summed E-state index contributed by atoms with van der Waals surface area (Å²) in [5.41, 5.74) is 3.34. The van der Waals surface area contributed by atoms with Crippen LogP contribution in [0, 0.1) is 13.8 Å². The fourth-order valence-corrected chi connectivity index (χ4v) is 1.56. The summed E-state index contributed by atoms with van der Waals surface area (Å²) in [5.74, 6) is 0. The summed E-state index contributed by atoms with van der Waals surface area (Å²) >= 11 is 0. The van der Waals surface area contributed by atoms with E-state index >= 15 is 0 Å². The fourth-order valence-electron chi connectivity index (χ4n) is 1.56. The number of rotatable bonds is 0. The van der Waals surface area contributed by atoms with Crippen LogP contribution < -0.4 is 0 Å². The lowest BCUT2D eigenvalue weighted by Crippen LogP contribution is -1.75. The Kier molecular flexibility index (Phi) is 2.72. The first-order chi connectivity index (χ1) is 7.27. The lowest BCUT2D eigenvalue weighted by molar-refractivity contribution is 0.606. The molecule has 0 unspecified atom stereocenters. The normalized spacial score (nSPS) is 10.0. The van der Waals surface area contributed by atoms with E-state index in [-0.39, 0.29) is 0 Å². The highest BCUT2D eigenvalue weighted by molar-refractivity contribution is 5.79. The quantitative estimate of drug-likeness (QED) is 0.619. The second-order valence-corrected chi connectivity index (χ2v) is 3.68. The van der Waals surface area contributed by atoms with Gasteiger partial charge in [0.15, 0.2) is 0 Å². The van der Waals surface area contributed by atoms with E-state index in [1.165, 1.54) is 11.1 Å². The maximum Gasteiger partial charge on any atom is 0.134 e. The summed E-state index contributed by atoms with van der Waals surface area (Å²) < 4.78 is 5.59. The highest BCUT2D eigenvalue weighted by Crippen LogP contribution is 2.16. The number of hydrogen-bond acceptors (Lipinski definition) is 1. The van der Waals surface area contributed by atoms with E-state index in [4.69, 9.17) is 4.42 Å². The van der Waals surface area contributed by atoms with E-state index < -0.39 is 0 Å². The molecule has 0 N–H and O–H groups in total. The molecule has 0 aliphatic rings. The molecule has 0 saturated heterocycles. The summed E-state index contributed by atoms with van der Waals surface area (Å²) in [6.45, 7) is 4.16. The standard InChI is InChI=1S/C14H14O/c1-11-7-8-13-12(2)6-4-3-5-9-15-14(13)10-11/h3-10H,1-2H3. The monoisotopic (exact) mass is 198 g/mol. The molecule has 1 aromatic carbocycles. The molecule has 2 rings (SSSR count). The van der Waals surface area contributed by atoms with Crippen LogP contribution in [0.15, 0.2) is 53.1 Å². The van der Waals surface area contributed by atoms with E-state index in [1.807, 2.05) is 18.2 Å². The largest absolute Gasteiger partial charge is 0.464 e. The Bertz CT molecular complexity index is 522. The predicted molar refractivity (Wildman–Crippen MR) is 63.3 cm³/mol. The van der Waals surface area contributed by atoms with E-state index in [9.17, 15) is 0 Å². The minimum Gasteiger partial charge on any atom is -0.464 e. The third-order valence-electron chi connectivity index (χ3n) is 2.40. The van der Waals surface area contributed by atoms with Crippen LogP contribution in [0.5, 0.6) is 0 Å². The van der Waals surface area contributed by atoms with Gasteiger partial charge in [-0.15, -0.1) is 0 Å². The van der Waals surface area contributed by atoms with Gasteiger partial charge in [0.05, 0.1) is 6.26 Å². The topological polar surface area (TPSA) is 13.1 Å². The average Bonchev–Trinajstić information content (AvgIpc) is 2.30. The third kappa shape index (κ3) is 2.18. The molecule has 0 atom stereocenters. The van der Waals surface area contributed by atoms with Crippen LogP contribution in [0.1, 0.15) is 11.1 Å². The molecule has 0 radical (unpaired) electrons. The first-order valence-electron chi connectivity index (χ1n) is 5.05. The Morgan fingerprint density at radius 1 is 0.933 bits per heavy atom. The van der Waals surface area contributed by atoms with Gasteiger partial charge in [-0.3, -0.25) is 0 Å². The van der Waals surface area contributed by atoms with Crippen LogP contribution in [-0.2, 0) is 0 Å². The lowest BCUT2D eigenvalue weighted by Gasteiger charge is -1.97. The van der Waals surface area contributed by atoms with Gasteiger partial charge in [-0.2, -0.15) is 0 Å². The minimum absolute atomic E-state index is 0.920. The summed E-state index contributed by atoms with van der Waals surface area (Å²) in [4.78, 5) is 0. The van der Waals surface area contributed by atoms with Gasteiger partial charge in [-0.05, 0) is 37.1 Å². The van der Waals surface area contributed by atoms with Gasteiger partial charge in [0.2, 0.25) is 0 Å². The van der Waals surface area contributed by atoms with Crippen molar-refractivity contribution in [2.75, 3.05) is 0 Å². The van der Waals surface area contributed by atoms with Crippen molar-refractivity contribution in [1.29, 1.82) is 0 Å². The molecule has 0 spiro atoms. The Balaban J connectivity index is 2.90. The van der Waals surface area contributed by atoms with E-state index in [0.717, 1.165) is 11.0 Å². The molecule has 76 valence electrons. The van der Waals surface area contributed by atoms with Gasteiger partial charge >= 0.3 is 0 Å². The Hall–Kier alpha value is -1.76. The van der Waals surface area contributed by atoms with E-state index in [0.29, 0.717) is 0 Å². The third-order valence-corrected chi connectivity index (χ3v) is 2.40. The molecule has 1 heterocycles. The molecule has 0 bridgehead atoms. The van der Waals surface area contributed by atoms with Crippen molar-refractivity contribution in [3.05, 3.63) is 59.9 Å². The molecule has 0 aliphatic heterocycles. The van der Waals surface area contributed by atoms with Crippen molar-refractivity contribution in [2.45, 2.75) is 13.8 Å². The molecule has 1 heteroatoms. The van der Waals surface area contributed by atoms with Crippen molar-refractivity contribution < 1.29 is 4.42 Å². The summed E-state index contributed by atoms with van der Waals surface area (Å²) in [7, 11) is 0. The van der Waals surface area contributed by atoms with Gasteiger partial charge in [-0.25, -0.2) is 0 Å². The minimum atomic E-state index is 0.920. The molecular weight excluding hydrogens is 184 g/mol. The second-order valence-electron chi connectivity index (χ2n) is 3.68. The van der Waals surface area contributed by atoms with Crippen LogP contribution in [0.3, 0.4) is 0 Å². The zero-order valence-electron chi connectivity index (χ0n) is 9.03. The number of aryl methyl sites for hydroxylation is 2. The first kappa shape index (κ1) is 9.78. The summed E-state index contributed by atoms with van der Waals surface area (Å²) in [6.07, 6.45) is 1.71. The average molecular weight is 198 g/mol. The van der Waals surface area contributed by atoms with Crippen molar-refractivity contribution in [3.63, 3.8) is 0 Å². The maximum absolute atomic E-state index is 5.59. The number of fused-ring (bicyclic) bond motifs is 1.